The average molecular weight is 491 g/mol. The third kappa shape index (κ3) is 4.66. The Hall–Kier alpha value is -1.85. The van der Waals surface area contributed by atoms with Crippen molar-refractivity contribution in [2.45, 2.75) is 42.9 Å². The van der Waals surface area contributed by atoms with Crippen LogP contribution in [0.1, 0.15) is 30.7 Å². The topological polar surface area (TPSA) is 69.2 Å². The highest BCUT2D eigenvalue weighted by Gasteiger charge is 2.51. The first-order chi connectivity index (χ1) is 16.7. The minimum atomic E-state index is -0.210. The monoisotopic (exact) mass is 490 g/mol. The number of hydrogen-bond donors (Lipinski definition) is 0. The van der Waals surface area contributed by atoms with Crippen molar-refractivity contribution in [2.75, 3.05) is 64.1 Å². The smallest absolute Gasteiger partial charge is 0.208 e. The Morgan fingerprint density at radius 3 is 2.82 bits per heavy atom. The zero-order valence-corrected chi connectivity index (χ0v) is 20.1. The summed E-state index contributed by atoms with van der Waals surface area (Å²) in [6.07, 6.45) is 2.97. The molecule has 34 heavy (non-hydrogen) atoms. The summed E-state index contributed by atoms with van der Waals surface area (Å²) in [5.41, 5.74) is 2.71. The average Bonchev–Trinajstić information content (AvgIpc) is 3.54. The van der Waals surface area contributed by atoms with E-state index >= 15 is 0 Å². The van der Waals surface area contributed by atoms with Crippen LogP contribution in [0.5, 0.6) is 5.75 Å². The molecule has 0 N–H and O–H groups in total. The van der Waals surface area contributed by atoms with E-state index in [9.17, 15) is 4.39 Å². The van der Waals surface area contributed by atoms with Crippen LogP contribution in [0.25, 0.3) is 0 Å². The first kappa shape index (κ1) is 22.6. The lowest BCUT2D eigenvalue weighted by Gasteiger charge is -2.47. The molecule has 0 saturated carbocycles. The molecule has 4 aliphatic heterocycles. The Labute approximate surface area is 202 Å². The van der Waals surface area contributed by atoms with E-state index in [0.717, 1.165) is 68.5 Å². The summed E-state index contributed by atoms with van der Waals surface area (Å²) in [6, 6.07) is 5.34. The van der Waals surface area contributed by atoms with Gasteiger partial charge < -0.3 is 23.8 Å². The number of benzene rings is 1. The van der Waals surface area contributed by atoms with Gasteiger partial charge >= 0.3 is 0 Å². The van der Waals surface area contributed by atoms with E-state index in [2.05, 4.69) is 20.0 Å². The molecule has 6 rings (SSSR count). The van der Waals surface area contributed by atoms with Crippen LogP contribution in [0.4, 0.5) is 9.52 Å². The Morgan fingerprint density at radius 1 is 1.18 bits per heavy atom. The van der Waals surface area contributed by atoms with Gasteiger partial charge in [0.25, 0.3) is 0 Å². The molecule has 184 valence electrons. The lowest BCUT2D eigenvalue weighted by Crippen LogP contribution is -2.62. The highest BCUT2D eigenvalue weighted by Crippen LogP contribution is 2.41. The number of likely N-dealkylation sites (tertiary alicyclic amines) is 1. The maximum Gasteiger partial charge on any atom is 0.208 e. The van der Waals surface area contributed by atoms with Crippen molar-refractivity contribution in [3.8, 4) is 5.75 Å². The Kier molecular flexibility index (Phi) is 6.42. The molecule has 0 unspecified atom stereocenters. The second-order valence-corrected chi connectivity index (χ2v) is 10.6. The fraction of sp³-hybridized carbons (Fsp3) is 0.667. The zero-order valence-electron chi connectivity index (χ0n) is 19.2. The van der Waals surface area contributed by atoms with E-state index in [1.165, 1.54) is 6.07 Å². The summed E-state index contributed by atoms with van der Waals surface area (Å²) in [6.45, 7) is 6.75. The predicted molar refractivity (Wildman–Crippen MR) is 125 cm³/mol. The van der Waals surface area contributed by atoms with Gasteiger partial charge in [0.15, 0.2) is 0 Å². The Morgan fingerprint density at radius 2 is 2.06 bits per heavy atom. The molecule has 2 aromatic rings. The summed E-state index contributed by atoms with van der Waals surface area (Å²) in [4.78, 5) is 4.81. The van der Waals surface area contributed by atoms with E-state index in [1.807, 2.05) is 0 Å². The number of anilines is 1. The minimum Gasteiger partial charge on any atom is -0.490 e. The van der Waals surface area contributed by atoms with Gasteiger partial charge in [-0.15, -0.1) is 10.2 Å². The minimum absolute atomic E-state index is 0.0400. The van der Waals surface area contributed by atoms with Crippen LogP contribution in [-0.4, -0.2) is 92.1 Å². The first-order valence-electron chi connectivity index (χ1n) is 12.2. The first-order valence-corrected chi connectivity index (χ1v) is 13.1. The van der Waals surface area contributed by atoms with E-state index in [4.69, 9.17) is 18.9 Å². The third-order valence-corrected chi connectivity index (χ3v) is 8.28. The molecule has 0 bridgehead atoms. The standard InChI is InChI=1S/C24H31FN4O4S/c25-18-1-2-22(32-13-20-12-30-7-8-31-20)21(9-18)17-3-5-28(6-4-17)19-10-24(33-11-19)14-29(15-24)23-27-26-16-34-23/h1-2,9,16-17,19-20H,3-8,10-15H2/t19-,20-/m0/s1. The molecule has 0 radical (unpaired) electrons. The van der Waals surface area contributed by atoms with E-state index < -0.39 is 0 Å². The van der Waals surface area contributed by atoms with Gasteiger partial charge in [0.1, 0.15) is 35.4 Å². The molecule has 5 heterocycles. The maximum absolute atomic E-state index is 14.1. The van der Waals surface area contributed by atoms with Crippen LogP contribution in [0.15, 0.2) is 23.7 Å². The molecule has 10 heteroatoms. The number of halogens is 1. The number of nitrogens with zero attached hydrogens (tertiary/aromatic N) is 4. The van der Waals surface area contributed by atoms with Gasteiger partial charge in [-0.05, 0) is 56.5 Å². The van der Waals surface area contributed by atoms with Crippen molar-refractivity contribution in [3.63, 3.8) is 0 Å². The molecule has 4 aliphatic rings. The maximum atomic E-state index is 14.1. The fourth-order valence-electron chi connectivity index (χ4n) is 5.73. The summed E-state index contributed by atoms with van der Waals surface area (Å²) < 4.78 is 37.7. The summed E-state index contributed by atoms with van der Waals surface area (Å²) in [7, 11) is 0. The van der Waals surface area contributed by atoms with Gasteiger partial charge in [-0.1, -0.05) is 11.3 Å². The predicted octanol–water partition coefficient (Wildman–Crippen LogP) is 2.70. The van der Waals surface area contributed by atoms with Crippen LogP contribution in [0.3, 0.4) is 0 Å². The normalized spacial score (nSPS) is 27.7. The summed E-state index contributed by atoms with van der Waals surface area (Å²) >= 11 is 1.58. The zero-order chi connectivity index (χ0) is 23.0. The van der Waals surface area contributed by atoms with Gasteiger partial charge in [-0.25, -0.2) is 4.39 Å². The Balaban J connectivity index is 1.03. The molecule has 0 amide bonds. The number of rotatable bonds is 6. The molecule has 4 fully saturated rings. The van der Waals surface area contributed by atoms with Gasteiger partial charge in [-0.3, -0.25) is 4.90 Å². The highest BCUT2D eigenvalue weighted by molar-refractivity contribution is 7.13. The Bertz CT molecular complexity index is 960. The lowest BCUT2D eigenvalue weighted by atomic mass is 9.86. The van der Waals surface area contributed by atoms with Crippen LogP contribution < -0.4 is 9.64 Å². The molecule has 0 aliphatic carbocycles. The molecular formula is C24H31FN4O4S. The molecule has 2 atom stereocenters. The van der Waals surface area contributed by atoms with Crippen molar-refractivity contribution in [1.82, 2.24) is 15.1 Å². The van der Waals surface area contributed by atoms with Gasteiger partial charge in [-0.2, -0.15) is 0 Å². The highest BCUT2D eigenvalue weighted by atomic mass is 32.1. The molecule has 1 spiro atoms. The molecule has 1 aromatic heterocycles. The van der Waals surface area contributed by atoms with Crippen LogP contribution in [0.2, 0.25) is 0 Å². The fourth-order valence-corrected chi connectivity index (χ4v) is 6.29. The van der Waals surface area contributed by atoms with Crippen molar-refractivity contribution in [1.29, 1.82) is 0 Å². The molecule has 8 nitrogen and oxygen atoms in total. The summed E-state index contributed by atoms with van der Waals surface area (Å²) in [5.74, 6) is 0.847. The SMILES string of the molecule is Fc1ccc(OC[C@@H]2COCCO2)c(C2CCN([C@@H]3COC4(C3)CN(c3nncs3)C4)CC2)c1. The lowest BCUT2D eigenvalue weighted by molar-refractivity contribution is -0.101. The van der Waals surface area contributed by atoms with E-state index in [-0.39, 0.29) is 17.5 Å². The van der Waals surface area contributed by atoms with Crippen molar-refractivity contribution < 1.29 is 23.3 Å². The molecule has 1 aromatic carbocycles. The van der Waals surface area contributed by atoms with Crippen molar-refractivity contribution in [3.05, 3.63) is 35.1 Å². The summed E-state index contributed by atoms with van der Waals surface area (Å²) in [5, 5.41) is 9.09. The van der Waals surface area contributed by atoms with Gasteiger partial charge in [0.2, 0.25) is 5.13 Å². The van der Waals surface area contributed by atoms with Crippen LogP contribution >= 0.6 is 11.3 Å². The number of piperidine rings is 1. The largest absolute Gasteiger partial charge is 0.490 e. The van der Waals surface area contributed by atoms with Gasteiger partial charge in [0, 0.05) is 11.6 Å². The molecular weight excluding hydrogens is 459 g/mol. The quantitative estimate of drug-likeness (QED) is 0.612. The number of aromatic nitrogens is 2. The number of hydrogen-bond acceptors (Lipinski definition) is 9. The second-order valence-electron chi connectivity index (χ2n) is 9.80. The van der Waals surface area contributed by atoms with Crippen LogP contribution in [-0.2, 0) is 14.2 Å². The van der Waals surface area contributed by atoms with Gasteiger partial charge in [0.05, 0.1) is 39.5 Å². The third-order valence-electron chi connectivity index (χ3n) is 7.53. The number of ether oxygens (including phenoxy) is 4. The van der Waals surface area contributed by atoms with E-state index in [1.54, 1.807) is 29.0 Å². The van der Waals surface area contributed by atoms with E-state index in [0.29, 0.717) is 38.4 Å². The van der Waals surface area contributed by atoms with Crippen molar-refractivity contribution in [2.24, 2.45) is 0 Å². The molecule has 4 saturated heterocycles. The second kappa shape index (κ2) is 9.66. The van der Waals surface area contributed by atoms with Crippen LogP contribution in [0, 0.1) is 5.82 Å². The van der Waals surface area contributed by atoms with Crippen molar-refractivity contribution >= 4 is 16.5 Å².